The molecule has 0 bridgehead atoms. The molecule has 1 aromatic carbocycles. The number of aliphatic imine (C=N–C) groups is 1. The summed E-state index contributed by atoms with van der Waals surface area (Å²) in [5.74, 6) is 2.49. The van der Waals surface area contributed by atoms with Crippen LogP contribution in [0.2, 0.25) is 0 Å². The third kappa shape index (κ3) is 6.04. The van der Waals surface area contributed by atoms with Crippen LogP contribution in [0.25, 0.3) is 0 Å². The summed E-state index contributed by atoms with van der Waals surface area (Å²) in [5.41, 5.74) is 1.39. The van der Waals surface area contributed by atoms with E-state index in [9.17, 15) is 0 Å². The molecule has 0 saturated carbocycles. The number of nitrogens with one attached hydrogen (secondary N) is 1. The normalized spacial score (nSPS) is 15.9. The monoisotopic (exact) mass is 514 g/mol. The molecule has 28 heavy (non-hydrogen) atoms. The number of aromatic nitrogens is 2. The van der Waals surface area contributed by atoms with Crippen molar-refractivity contribution in [2.24, 2.45) is 4.99 Å². The van der Waals surface area contributed by atoms with Gasteiger partial charge in [0.1, 0.15) is 5.82 Å². The van der Waals surface area contributed by atoms with Crippen LogP contribution in [0, 0.1) is 0 Å². The average molecular weight is 514 g/mol. The molecular weight excluding hydrogens is 483 g/mol. The summed E-state index contributed by atoms with van der Waals surface area (Å²) in [5, 5.41) is 4.59. The van der Waals surface area contributed by atoms with Crippen LogP contribution in [0.1, 0.15) is 37.6 Å². The molecule has 0 amide bonds. The van der Waals surface area contributed by atoms with E-state index in [2.05, 4.69) is 73.6 Å². The van der Waals surface area contributed by atoms with E-state index in [1.54, 1.807) is 0 Å². The van der Waals surface area contributed by atoms with Crippen molar-refractivity contribution >= 4 is 46.6 Å². The molecule has 1 N–H and O–H groups in total. The first-order chi connectivity index (χ1) is 13.2. The zero-order valence-corrected chi connectivity index (χ0v) is 20.1. The Labute approximate surface area is 189 Å². The molecule has 0 radical (unpaired) electrons. The highest BCUT2D eigenvalue weighted by Crippen LogP contribution is 2.20. The lowest BCUT2D eigenvalue weighted by molar-refractivity contribution is 0.371. The standard InChI is InChI=1S/C20H30N6S.HI/c1-4-18-23-20(27-24-18)26-14-12-25(13-15-26)19(21-3)22-11-10-16(2)17-8-6-5-7-9-17;/h5-9,16H,4,10-15H2,1-3H3,(H,21,22);1H. The van der Waals surface area contributed by atoms with Crippen molar-refractivity contribution in [3.05, 3.63) is 41.7 Å². The van der Waals surface area contributed by atoms with Gasteiger partial charge < -0.3 is 15.1 Å². The Morgan fingerprint density at radius 1 is 1.21 bits per heavy atom. The van der Waals surface area contributed by atoms with Gasteiger partial charge in [-0.15, -0.1) is 24.0 Å². The Hall–Kier alpha value is -1.42. The highest BCUT2D eigenvalue weighted by Gasteiger charge is 2.22. The summed E-state index contributed by atoms with van der Waals surface area (Å²) in [6, 6.07) is 10.7. The molecular formula is C20H31IN6S. The molecule has 8 heteroatoms. The summed E-state index contributed by atoms with van der Waals surface area (Å²) in [7, 11) is 1.87. The predicted molar refractivity (Wildman–Crippen MR) is 129 cm³/mol. The van der Waals surface area contributed by atoms with Gasteiger partial charge in [-0.2, -0.15) is 4.37 Å². The Morgan fingerprint density at radius 3 is 2.54 bits per heavy atom. The van der Waals surface area contributed by atoms with Crippen LogP contribution in [0.15, 0.2) is 35.3 Å². The van der Waals surface area contributed by atoms with Crippen LogP contribution in [-0.2, 0) is 6.42 Å². The summed E-state index contributed by atoms with van der Waals surface area (Å²) >= 11 is 1.51. The van der Waals surface area contributed by atoms with E-state index in [-0.39, 0.29) is 24.0 Å². The molecule has 1 aliphatic rings. The molecule has 1 aromatic heterocycles. The zero-order chi connectivity index (χ0) is 19.1. The van der Waals surface area contributed by atoms with Gasteiger partial charge in [0.15, 0.2) is 5.96 Å². The Balaban J connectivity index is 0.00000280. The lowest BCUT2D eigenvalue weighted by Crippen LogP contribution is -2.52. The van der Waals surface area contributed by atoms with Crippen LogP contribution < -0.4 is 10.2 Å². The van der Waals surface area contributed by atoms with Gasteiger partial charge >= 0.3 is 0 Å². The van der Waals surface area contributed by atoms with Crippen LogP contribution >= 0.6 is 35.5 Å². The number of anilines is 1. The van der Waals surface area contributed by atoms with E-state index in [0.717, 1.165) is 62.5 Å². The predicted octanol–water partition coefficient (Wildman–Crippen LogP) is 3.61. The molecule has 1 aliphatic heterocycles. The minimum absolute atomic E-state index is 0. The largest absolute Gasteiger partial charge is 0.356 e. The van der Waals surface area contributed by atoms with E-state index in [4.69, 9.17) is 0 Å². The van der Waals surface area contributed by atoms with E-state index in [0.29, 0.717) is 5.92 Å². The van der Waals surface area contributed by atoms with Crippen molar-refractivity contribution in [1.82, 2.24) is 19.6 Å². The second kappa shape index (κ2) is 11.5. The molecule has 1 saturated heterocycles. The van der Waals surface area contributed by atoms with Gasteiger partial charge in [-0.05, 0) is 17.9 Å². The lowest BCUT2D eigenvalue weighted by Gasteiger charge is -2.36. The van der Waals surface area contributed by atoms with E-state index >= 15 is 0 Å². The maximum Gasteiger partial charge on any atom is 0.205 e. The number of piperazine rings is 1. The molecule has 154 valence electrons. The number of rotatable bonds is 6. The number of aryl methyl sites for hydroxylation is 1. The second-order valence-electron chi connectivity index (χ2n) is 6.90. The molecule has 1 unspecified atom stereocenters. The van der Waals surface area contributed by atoms with Crippen molar-refractivity contribution in [3.63, 3.8) is 0 Å². The van der Waals surface area contributed by atoms with Gasteiger partial charge in [0.05, 0.1) is 0 Å². The van der Waals surface area contributed by atoms with Gasteiger partial charge in [-0.25, -0.2) is 4.98 Å². The van der Waals surface area contributed by atoms with Crippen molar-refractivity contribution in [2.75, 3.05) is 44.7 Å². The maximum atomic E-state index is 4.61. The number of hydrogen-bond donors (Lipinski definition) is 1. The molecule has 2 heterocycles. The van der Waals surface area contributed by atoms with Gasteiger partial charge in [0.2, 0.25) is 5.13 Å². The van der Waals surface area contributed by atoms with E-state index in [1.807, 2.05) is 7.05 Å². The van der Waals surface area contributed by atoms with Gasteiger partial charge in [0.25, 0.3) is 0 Å². The fraction of sp³-hybridized carbons (Fsp3) is 0.550. The first-order valence-corrected chi connectivity index (χ1v) is 10.6. The minimum Gasteiger partial charge on any atom is -0.356 e. The quantitative estimate of drug-likeness (QED) is 0.363. The van der Waals surface area contributed by atoms with Gasteiger partial charge in [-0.3, -0.25) is 4.99 Å². The molecule has 0 aliphatic carbocycles. The maximum absolute atomic E-state index is 4.61. The number of nitrogens with zero attached hydrogens (tertiary/aromatic N) is 5. The van der Waals surface area contributed by atoms with Crippen LogP contribution in [0.4, 0.5) is 5.13 Å². The summed E-state index contributed by atoms with van der Waals surface area (Å²) < 4.78 is 4.40. The SMILES string of the molecule is CCc1nsc(N2CCN(C(=NC)NCCC(C)c3ccccc3)CC2)n1.I. The molecule has 2 aromatic rings. The Kier molecular flexibility index (Phi) is 9.43. The van der Waals surface area contributed by atoms with Crippen LogP contribution in [0.5, 0.6) is 0 Å². The third-order valence-electron chi connectivity index (χ3n) is 5.06. The molecule has 1 fully saturated rings. The highest BCUT2D eigenvalue weighted by atomic mass is 127. The summed E-state index contributed by atoms with van der Waals surface area (Å²) in [6.45, 7) is 9.13. The fourth-order valence-electron chi connectivity index (χ4n) is 3.31. The van der Waals surface area contributed by atoms with Crippen molar-refractivity contribution < 1.29 is 0 Å². The van der Waals surface area contributed by atoms with Gasteiger partial charge in [-0.1, -0.05) is 44.2 Å². The fourth-order valence-corrected chi connectivity index (χ4v) is 4.11. The number of halogens is 1. The molecule has 0 spiro atoms. The smallest absolute Gasteiger partial charge is 0.205 e. The third-order valence-corrected chi connectivity index (χ3v) is 5.88. The molecule has 6 nitrogen and oxygen atoms in total. The first-order valence-electron chi connectivity index (χ1n) is 9.79. The van der Waals surface area contributed by atoms with E-state index < -0.39 is 0 Å². The van der Waals surface area contributed by atoms with Crippen LogP contribution in [-0.4, -0.2) is 60.0 Å². The van der Waals surface area contributed by atoms with Crippen molar-refractivity contribution in [2.45, 2.75) is 32.6 Å². The zero-order valence-electron chi connectivity index (χ0n) is 17.0. The Morgan fingerprint density at radius 2 is 1.93 bits per heavy atom. The summed E-state index contributed by atoms with van der Waals surface area (Å²) in [4.78, 5) is 13.8. The highest BCUT2D eigenvalue weighted by molar-refractivity contribution is 14.0. The average Bonchev–Trinajstić information content (AvgIpc) is 3.21. The van der Waals surface area contributed by atoms with Crippen molar-refractivity contribution in [1.29, 1.82) is 0 Å². The van der Waals surface area contributed by atoms with E-state index in [1.165, 1.54) is 17.1 Å². The molecule has 1 atom stereocenters. The number of hydrogen-bond acceptors (Lipinski definition) is 5. The number of guanidine groups is 1. The molecule has 3 rings (SSSR count). The van der Waals surface area contributed by atoms with Crippen LogP contribution in [0.3, 0.4) is 0 Å². The Bertz CT molecular complexity index is 727. The van der Waals surface area contributed by atoms with Crippen molar-refractivity contribution in [3.8, 4) is 0 Å². The second-order valence-corrected chi connectivity index (χ2v) is 7.63. The number of benzene rings is 1. The van der Waals surface area contributed by atoms with Gasteiger partial charge in [0, 0.05) is 57.7 Å². The lowest BCUT2D eigenvalue weighted by atomic mass is 9.98. The minimum atomic E-state index is 0. The topological polar surface area (TPSA) is 56.7 Å². The summed E-state index contributed by atoms with van der Waals surface area (Å²) in [6.07, 6.45) is 1.99. The first kappa shape index (κ1) is 22.9.